The maximum Gasteiger partial charge on any atom is 0.133 e. The molecule has 26 heavy (non-hydrogen) atoms. The molecule has 2 unspecified atom stereocenters. The van der Waals surface area contributed by atoms with Crippen molar-refractivity contribution >= 4 is 5.78 Å². The van der Waals surface area contributed by atoms with Gasteiger partial charge in [-0.2, -0.15) is 0 Å². The molecule has 4 aliphatic carbocycles. The predicted molar refractivity (Wildman–Crippen MR) is 106 cm³/mol. The quantitative estimate of drug-likeness (QED) is 0.595. The standard InChI is InChI=1S/C24H38O2/c1-6-26-18-9-11-23(4)17(14-18)7-8-19-20(23)10-12-24(5)21(19)13-15(2)22(24)16(3)25/h7,15,18-22H,6,8-14H2,1-5H3/t15?,18?,19-,20+,21+,22-,23+,24+/m1/s1. The Morgan fingerprint density at radius 3 is 2.69 bits per heavy atom. The molecule has 0 N–H and O–H groups in total. The van der Waals surface area contributed by atoms with E-state index in [1.165, 1.54) is 38.5 Å². The lowest BCUT2D eigenvalue weighted by molar-refractivity contribution is -0.128. The maximum absolute atomic E-state index is 12.4. The van der Waals surface area contributed by atoms with Crippen LogP contribution in [0.4, 0.5) is 0 Å². The first kappa shape index (κ1) is 18.7. The third-order valence-corrected chi connectivity index (χ3v) is 9.24. The minimum absolute atomic E-state index is 0.247. The van der Waals surface area contributed by atoms with Crippen LogP contribution >= 0.6 is 0 Å². The van der Waals surface area contributed by atoms with E-state index in [4.69, 9.17) is 4.74 Å². The molecule has 0 heterocycles. The Morgan fingerprint density at radius 2 is 2.00 bits per heavy atom. The van der Waals surface area contributed by atoms with Gasteiger partial charge in [0.15, 0.2) is 0 Å². The first-order chi connectivity index (χ1) is 12.3. The van der Waals surface area contributed by atoms with E-state index in [1.54, 1.807) is 5.57 Å². The monoisotopic (exact) mass is 358 g/mol. The van der Waals surface area contributed by atoms with Crippen LogP contribution in [-0.2, 0) is 9.53 Å². The fourth-order valence-electron chi connectivity index (χ4n) is 8.24. The van der Waals surface area contributed by atoms with Gasteiger partial charge >= 0.3 is 0 Å². The van der Waals surface area contributed by atoms with Crippen LogP contribution in [0.25, 0.3) is 0 Å². The van der Waals surface area contributed by atoms with Crippen molar-refractivity contribution in [1.29, 1.82) is 0 Å². The molecule has 0 aromatic rings. The largest absolute Gasteiger partial charge is 0.378 e. The summed E-state index contributed by atoms with van der Waals surface area (Å²) < 4.78 is 5.97. The van der Waals surface area contributed by atoms with E-state index < -0.39 is 0 Å². The van der Waals surface area contributed by atoms with E-state index in [-0.39, 0.29) is 5.41 Å². The van der Waals surface area contributed by atoms with Crippen LogP contribution in [0.5, 0.6) is 0 Å². The van der Waals surface area contributed by atoms with Crippen LogP contribution in [0.1, 0.15) is 79.6 Å². The molecule has 0 amide bonds. The van der Waals surface area contributed by atoms with Gasteiger partial charge in [-0.05, 0) is 93.3 Å². The Bertz CT molecular complexity index is 607. The average Bonchev–Trinajstić information content (AvgIpc) is 2.85. The Hall–Kier alpha value is -0.630. The molecule has 3 fully saturated rings. The number of carbonyl (C=O) groups is 1. The van der Waals surface area contributed by atoms with E-state index in [9.17, 15) is 4.79 Å². The third-order valence-electron chi connectivity index (χ3n) is 9.24. The molecule has 3 saturated carbocycles. The van der Waals surface area contributed by atoms with Gasteiger partial charge in [0.1, 0.15) is 5.78 Å². The Labute approximate surface area is 160 Å². The molecular weight excluding hydrogens is 320 g/mol. The molecule has 0 spiro atoms. The molecule has 0 saturated heterocycles. The smallest absolute Gasteiger partial charge is 0.133 e. The zero-order chi connectivity index (χ0) is 18.7. The zero-order valence-electron chi connectivity index (χ0n) is 17.5. The predicted octanol–water partition coefficient (Wildman–Crippen LogP) is 5.81. The molecule has 0 radical (unpaired) electrons. The van der Waals surface area contributed by atoms with Gasteiger partial charge in [-0.3, -0.25) is 4.79 Å². The minimum atomic E-state index is 0.247. The van der Waals surface area contributed by atoms with Crippen LogP contribution in [0.3, 0.4) is 0 Å². The van der Waals surface area contributed by atoms with Crippen molar-refractivity contribution in [2.45, 2.75) is 85.7 Å². The first-order valence-electron chi connectivity index (χ1n) is 11.1. The average molecular weight is 359 g/mol. The van der Waals surface area contributed by atoms with Gasteiger partial charge in [0, 0.05) is 12.5 Å². The van der Waals surface area contributed by atoms with Gasteiger partial charge in [0.05, 0.1) is 6.10 Å². The van der Waals surface area contributed by atoms with Crippen molar-refractivity contribution in [2.75, 3.05) is 6.61 Å². The normalized spacial score (nSPS) is 50.4. The van der Waals surface area contributed by atoms with Gasteiger partial charge in [0.2, 0.25) is 0 Å². The van der Waals surface area contributed by atoms with Crippen LogP contribution in [0.15, 0.2) is 11.6 Å². The summed E-state index contributed by atoms with van der Waals surface area (Å²) in [6.07, 6.45) is 11.8. The summed E-state index contributed by atoms with van der Waals surface area (Å²) in [6.45, 7) is 12.2. The lowest BCUT2D eigenvalue weighted by Gasteiger charge is -2.58. The van der Waals surface area contributed by atoms with Gasteiger partial charge in [-0.15, -0.1) is 0 Å². The van der Waals surface area contributed by atoms with E-state index >= 15 is 0 Å². The van der Waals surface area contributed by atoms with Gasteiger partial charge in [0.25, 0.3) is 0 Å². The van der Waals surface area contributed by atoms with Gasteiger partial charge in [-0.1, -0.05) is 32.4 Å². The Morgan fingerprint density at radius 1 is 1.23 bits per heavy atom. The van der Waals surface area contributed by atoms with Crippen molar-refractivity contribution in [2.24, 2.45) is 40.4 Å². The lowest BCUT2D eigenvalue weighted by atomic mass is 9.47. The number of rotatable bonds is 3. The van der Waals surface area contributed by atoms with Gasteiger partial charge in [-0.25, -0.2) is 0 Å². The minimum Gasteiger partial charge on any atom is -0.378 e. The topological polar surface area (TPSA) is 26.3 Å². The summed E-state index contributed by atoms with van der Waals surface area (Å²) in [5, 5.41) is 0. The second kappa shape index (κ2) is 6.47. The maximum atomic E-state index is 12.4. The van der Waals surface area contributed by atoms with E-state index in [2.05, 4.69) is 33.8 Å². The molecule has 8 atom stereocenters. The molecule has 2 nitrogen and oxygen atoms in total. The second-order valence-electron chi connectivity index (χ2n) is 10.4. The van der Waals surface area contributed by atoms with Crippen molar-refractivity contribution in [1.82, 2.24) is 0 Å². The van der Waals surface area contributed by atoms with Crippen molar-refractivity contribution in [3.63, 3.8) is 0 Å². The van der Waals surface area contributed by atoms with Crippen molar-refractivity contribution in [3.05, 3.63) is 11.6 Å². The molecule has 0 aromatic carbocycles. The summed E-state index contributed by atoms with van der Waals surface area (Å²) >= 11 is 0. The summed E-state index contributed by atoms with van der Waals surface area (Å²) in [7, 11) is 0. The first-order valence-corrected chi connectivity index (χ1v) is 11.1. The Kier molecular flexibility index (Phi) is 4.66. The third kappa shape index (κ3) is 2.58. The number of fused-ring (bicyclic) bond motifs is 5. The highest BCUT2D eigenvalue weighted by molar-refractivity contribution is 5.80. The number of hydrogen-bond acceptors (Lipinski definition) is 2. The summed E-state index contributed by atoms with van der Waals surface area (Å²) in [5.41, 5.74) is 2.33. The van der Waals surface area contributed by atoms with Crippen LogP contribution in [-0.4, -0.2) is 18.5 Å². The number of ether oxygens (including phenoxy) is 1. The molecule has 2 heteroatoms. The fraction of sp³-hybridized carbons (Fsp3) is 0.875. The summed E-state index contributed by atoms with van der Waals surface area (Å²) in [4.78, 5) is 12.4. The SMILES string of the molecule is CCOC1CC[C@@]2(C)C(=CC[C@H]3[C@@H]4CC(C)[C@H](C(C)=O)[C@@]4(C)CC[C@@H]32)C1. The number of hydrogen-bond donors (Lipinski definition) is 0. The highest BCUT2D eigenvalue weighted by Crippen LogP contribution is 2.67. The zero-order valence-corrected chi connectivity index (χ0v) is 17.5. The highest BCUT2D eigenvalue weighted by atomic mass is 16.5. The number of Topliss-reactive ketones (excluding diaryl/α,β-unsaturated/α-hetero) is 1. The lowest BCUT2D eigenvalue weighted by Crippen LogP contribution is -2.51. The molecule has 146 valence electrons. The van der Waals surface area contributed by atoms with E-state index in [0.29, 0.717) is 29.1 Å². The number of ketones is 1. The summed E-state index contributed by atoms with van der Waals surface area (Å²) in [5.74, 6) is 3.65. The van der Waals surface area contributed by atoms with E-state index in [0.717, 1.165) is 30.8 Å². The van der Waals surface area contributed by atoms with Crippen molar-refractivity contribution in [3.8, 4) is 0 Å². The molecular formula is C24H38O2. The summed E-state index contributed by atoms with van der Waals surface area (Å²) in [6, 6.07) is 0. The fourth-order valence-corrected chi connectivity index (χ4v) is 8.24. The molecule has 0 bridgehead atoms. The van der Waals surface area contributed by atoms with Gasteiger partial charge < -0.3 is 4.74 Å². The molecule has 0 aromatic heterocycles. The number of allylic oxidation sites excluding steroid dienone is 1. The Balaban J connectivity index is 1.62. The van der Waals surface area contributed by atoms with Crippen LogP contribution in [0, 0.1) is 40.4 Å². The molecule has 0 aliphatic heterocycles. The van der Waals surface area contributed by atoms with Crippen LogP contribution in [0.2, 0.25) is 0 Å². The van der Waals surface area contributed by atoms with Crippen molar-refractivity contribution < 1.29 is 9.53 Å². The highest BCUT2D eigenvalue weighted by Gasteiger charge is 2.61. The molecule has 4 rings (SSSR count). The van der Waals surface area contributed by atoms with Crippen LogP contribution < -0.4 is 0 Å². The number of carbonyl (C=O) groups excluding carboxylic acids is 1. The molecule has 4 aliphatic rings. The second-order valence-corrected chi connectivity index (χ2v) is 10.4. The van der Waals surface area contributed by atoms with E-state index in [1.807, 2.05) is 6.92 Å².